The molecule has 1 aromatic carbocycles. The van der Waals surface area contributed by atoms with Gasteiger partial charge in [0.2, 0.25) is 0 Å². The van der Waals surface area contributed by atoms with Gasteiger partial charge >= 0.3 is 0 Å². The van der Waals surface area contributed by atoms with Crippen molar-refractivity contribution in [1.29, 1.82) is 0 Å². The van der Waals surface area contributed by atoms with Crippen molar-refractivity contribution in [2.24, 2.45) is 7.05 Å². The molecule has 15 heavy (non-hydrogen) atoms. The number of nitrogens with zero attached hydrogens (tertiary/aromatic N) is 2. The molecular formula is C11H11ClN2S. The van der Waals surface area contributed by atoms with Crippen LogP contribution in [0.15, 0.2) is 41.4 Å². The summed E-state index contributed by atoms with van der Waals surface area (Å²) < 4.78 is 1.80. The van der Waals surface area contributed by atoms with Crippen LogP contribution < -0.4 is 0 Å². The van der Waals surface area contributed by atoms with Gasteiger partial charge in [0.15, 0.2) is 5.15 Å². The van der Waals surface area contributed by atoms with Crippen LogP contribution in [0.25, 0.3) is 0 Å². The molecule has 0 fully saturated rings. The van der Waals surface area contributed by atoms with Crippen LogP contribution in [0, 0.1) is 0 Å². The second-order valence-electron chi connectivity index (χ2n) is 3.20. The summed E-state index contributed by atoms with van der Waals surface area (Å²) in [5.41, 5.74) is 1.31. The molecule has 0 atom stereocenters. The Hall–Kier alpha value is -0.930. The van der Waals surface area contributed by atoms with Gasteiger partial charge in [-0.3, -0.25) is 4.68 Å². The zero-order valence-electron chi connectivity index (χ0n) is 8.35. The summed E-state index contributed by atoms with van der Waals surface area (Å²) in [7, 11) is 1.90. The van der Waals surface area contributed by atoms with Crippen LogP contribution in [0.2, 0.25) is 5.15 Å². The fraction of sp³-hybridized carbons (Fsp3) is 0.182. The summed E-state index contributed by atoms with van der Waals surface area (Å²) in [6, 6.07) is 12.2. The van der Waals surface area contributed by atoms with Crippen molar-refractivity contribution in [3.05, 3.63) is 47.1 Å². The quantitative estimate of drug-likeness (QED) is 0.763. The minimum Gasteiger partial charge on any atom is -0.261 e. The van der Waals surface area contributed by atoms with Gasteiger partial charge in [-0.1, -0.05) is 41.9 Å². The van der Waals surface area contributed by atoms with E-state index < -0.39 is 0 Å². The van der Waals surface area contributed by atoms with Crippen LogP contribution >= 0.6 is 23.4 Å². The number of benzene rings is 1. The Morgan fingerprint density at radius 2 is 2.07 bits per heavy atom. The molecular weight excluding hydrogens is 228 g/mol. The monoisotopic (exact) mass is 238 g/mol. The van der Waals surface area contributed by atoms with E-state index in [9.17, 15) is 0 Å². The Bertz CT molecular complexity index is 439. The van der Waals surface area contributed by atoms with E-state index >= 15 is 0 Å². The number of halogens is 1. The maximum Gasteiger partial charge on any atom is 0.152 e. The molecule has 0 aliphatic heterocycles. The third kappa shape index (κ3) is 2.76. The van der Waals surface area contributed by atoms with Gasteiger partial charge in [0.25, 0.3) is 0 Å². The number of rotatable bonds is 3. The summed E-state index contributed by atoms with van der Waals surface area (Å²) in [5.74, 6) is 0.941. The van der Waals surface area contributed by atoms with Gasteiger partial charge in [0.1, 0.15) is 0 Å². The predicted octanol–water partition coefficient (Wildman–Crippen LogP) is 3.37. The first kappa shape index (κ1) is 10.6. The average molecular weight is 239 g/mol. The van der Waals surface area contributed by atoms with E-state index in [2.05, 4.69) is 17.2 Å². The first-order valence-corrected chi connectivity index (χ1v) is 5.98. The standard InChI is InChI=1S/C11H11ClN2S/c1-14-11(7-10(12)13-14)15-8-9-5-3-2-4-6-9/h2-7H,8H2,1H3. The largest absolute Gasteiger partial charge is 0.261 e. The smallest absolute Gasteiger partial charge is 0.152 e. The minimum atomic E-state index is 0.549. The molecule has 1 heterocycles. The molecule has 0 amide bonds. The highest BCUT2D eigenvalue weighted by atomic mass is 35.5. The van der Waals surface area contributed by atoms with Crippen molar-refractivity contribution in [2.75, 3.05) is 0 Å². The molecule has 0 bridgehead atoms. The van der Waals surface area contributed by atoms with E-state index in [0.29, 0.717) is 5.15 Å². The highest BCUT2D eigenvalue weighted by molar-refractivity contribution is 7.98. The van der Waals surface area contributed by atoms with Gasteiger partial charge < -0.3 is 0 Å². The zero-order chi connectivity index (χ0) is 10.7. The maximum atomic E-state index is 5.80. The number of hydrogen-bond donors (Lipinski definition) is 0. The number of hydrogen-bond acceptors (Lipinski definition) is 2. The van der Waals surface area contributed by atoms with Crippen molar-refractivity contribution >= 4 is 23.4 Å². The molecule has 0 aliphatic rings. The molecule has 0 saturated heterocycles. The summed E-state index contributed by atoms with van der Waals surface area (Å²) in [6.07, 6.45) is 0. The molecule has 2 aromatic rings. The van der Waals surface area contributed by atoms with E-state index in [4.69, 9.17) is 11.6 Å². The van der Waals surface area contributed by atoms with E-state index in [1.54, 1.807) is 16.4 Å². The Morgan fingerprint density at radius 3 is 2.67 bits per heavy atom. The highest BCUT2D eigenvalue weighted by Crippen LogP contribution is 2.24. The maximum absolute atomic E-state index is 5.80. The normalized spacial score (nSPS) is 10.5. The average Bonchev–Trinajstić information content (AvgIpc) is 2.56. The summed E-state index contributed by atoms with van der Waals surface area (Å²) in [4.78, 5) is 0. The van der Waals surface area contributed by atoms with Crippen LogP contribution in [0.3, 0.4) is 0 Å². The van der Waals surface area contributed by atoms with Crippen molar-refractivity contribution in [3.8, 4) is 0 Å². The lowest BCUT2D eigenvalue weighted by Crippen LogP contribution is -1.92. The zero-order valence-corrected chi connectivity index (χ0v) is 9.92. The molecule has 0 spiro atoms. The lowest BCUT2D eigenvalue weighted by molar-refractivity contribution is 0.699. The lowest BCUT2D eigenvalue weighted by atomic mass is 10.2. The number of aromatic nitrogens is 2. The van der Waals surface area contributed by atoms with Crippen LogP contribution in [-0.4, -0.2) is 9.78 Å². The van der Waals surface area contributed by atoms with Gasteiger partial charge in [0, 0.05) is 18.9 Å². The molecule has 0 unspecified atom stereocenters. The second kappa shape index (κ2) is 4.73. The van der Waals surface area contributed by atoms with Crippen LogP contribution in [0.1, 0.15) is 5.56 Å². The van der Waals surface area contributed by atoms with E-state index in [1.807, 2.05) is 31.3 Å². The van der Waals surface area contributed by atoms with Crippen molar-refractivity contribution in [3.63, 3.8) is 0 Å². The SMILES string of the molecule is Cn1nc(Cl)cc1SCc1ccccc1. The first-order chi connectivity index (χ1) is 7.25. The highest BCUT2D eigenvalue weighted by Gasteiger charge is 2.03. The fourth-order valence-corrected chi connectivity index (χ4v) is 2.49. The molecule has 0 saturated carbocycles. The molecule has 0 radical (unpaired) electrons. The van der Waals surface area contributed by atoms with E-state index in [1.165, 1.54) is 5.56 Å². The molecule has 1 aromatic heterocycles. The van der Waals surface area contributed by atoms with Gasteiger partial charge in [-0.25, -0.2) is 0 Å². The molecule has 0 aliphatic carbocycles. The Kier molecular flexibility index (Phi) is 3.34. The van der Waals surface area contributed by atoms with Gasteiger partial charge in [-0.05, 0) is 5.56 Å². The van der Waals surface area contributed by atoms with Crippen LogP contribution in [0.4, 0.5) is 0 Å². The van der Waals surface area contributed by atoms with Crippen molar-refractivity contribution in [2.45, 2.75) is 10.8 Å². The summed E-state index contributed by atoms with van der Waals surface area (Å²) >= 11 is 7.54. The van der Waals surface area contributed by atoms with E-state index in [-0.39, 0.29) is 0 Å². The molecule has 2 rings (SSSR count). The Labute approximate surface area is 98.3 Å². The van der Waals surface area contributed by atoms with Crippen molar-refractivity contribution < 1.29 is 0 Å². The van der Waals surface area contributed by atoms with Crippen LogP contribution in [-0.2, 0) is 12.8 Å². The Morgan fingerprint density at radius 1 is 1.33 bits per heavy atom. The van der Waals surface area contributed by atoms with Crippen LogP contribution in [0.5, 0.6) is 0 Å². The number of thioether (sulfide) groups is 1. The molecule has 0 N–H and O–H groups in total. The van der Waals surface area contributed by atoms with E-state index in [0.717, 1.165) is 10.8 Å². The molecule has 4 heteroatoms. The first-order valence-electron chi connectivity index (χ1n) is 4.62. The summed E-state index contributed by atoms with van der Waals surface area (Å²) in [5, 5.41) is 5.72. The topological polar surface area (TPSA) is 17.8 Å². The third-order valence-corrected chi connectivity index (χ3v) is 3.38. The van der Waals surface area contributed by atoms with Gasteiger partial charge in [-0.15, -0.1) is 11.8 Å². The number of aryl methyl sites for hydroxylation is 1. The van der Waals surface area contributed by atoms with Gasteiger partial charge in [0.05, 0.1) is 5.03 Å². The molecule has 78 valence electrons. The summed E-state index contributed by atoms with van der Waals surface area (Å²) in [6.45, 7) is 0. The van der Waals surface area contributed by atoms with Gasteiger partial charge in [-0.2, -0.15) is 5.10 Å². The minimum absolute atomic E-state index is 0.549. The lowest BCUT2D eigenvalue weighted by Gasteiger charge is -2.01. The predicted molar refractivity (Wildman–Crippen MR) is 64.2 cm³/mol. The fourth-order valence-electron chi connectivity index (χ4n) is 1.28. The molecule has 2 nitrogen and oxygen atoms in total. The Balaban J connectivity index is 2.02. The second-order valence-corrected chi connectivity index (χ2v) is 4.59. The van der Waals surface area contributed by atoms with Crippen molar-refractivity contribution in [1.82, 2.24) is 9.78 Å². The third-order valence-electron chi connectivity index (χ3n) is 2.04.